The molecule has 1 N–H and O–H groups in total. The third-order valence-electron chi connectivity index (χ3n) is 4.28. The smallest absolute Gasteiger partial charge is 0.266 e. The van der Waals surface area contributed by atoms with E-state index in [4.69, 9.17) is 12.2 Å². The van der Waals surface area contributed by atoms with Crippen molar-refractivity contribution < 1.29 is 9.59 Å². The Hall–Kier alpha value is -1.96. The van der Waals surface area contributed by atoms with Gasteiger partial charge in [-0.3, -0.25) is 14.5 Å². The fourth-order valence-electron chi connectivity index (χ4n) is 2.87. The van der Waals surface area contributed by atoms with Crippen LogP contribution in [0, 0.1) is 6.92 Å². The van der Waals surface area contributed by atoms with Crippen molar-refractivity contribution in [3.05, 3.63) is 57.1 Å². The van der Waals surface area contributed by atoms with Crippen molar-refractivity contribution in [1.82, 2.24) is 4.90 Å². The number of nitrogens with zero attached hydrogens (tertiary/aromatic N) is 1. The Kier molecular flexibility index (Phi) is 7.42. The zero-order valence-electron chi connectivity index (χ0n) is 15.6. The molecule has 1 aromatic carbocycles. The number of thiophene rings is 1. The SMILES string of the molecule is Cc1cccc(NC(=O)CCCCCN2C(=O)/C(=C\c3cccs3)SC2=S)c1. The number of amides is 2. The highest BCUT2D eigenvalue weighted by Gasteiger charge is 2.31. The van der Waals surface area contributed by atoms with Gasteiger partial charge in [0.25, 0.3) is 5.91 Å². The molecule has 2 aromatic rings. The molecule has 1 aliphatic rings. The maximum atomic E-state index is 12.5. The van der Waals surface area contributed by atoms with Gasteiger partial charge in [-0.05, 0) is 55.0 Å². The number of carbonyl (C=O) groups excluding carboxylic acids is 2. The summed E-state index contributed by atoms with van der Waals surface area (Å²) in [5.74, 6) is 0.00989. The van der Waals surface area contributed by atoms with Crippen LogP contribution in [0.5, 0.6) is 0 Å². The molecular formula is C21H22N2O2S3. The highest BCUT2D eigenvalue weighted by Crippen LogP contribution is 2.33. The summed E-state index contributed by atoms with van der Waals surface area (Å²) in [6.45, 7) is 2.60. The van der Waals surface area contributed by atoms with Gasteiger partial charge in [0, 0.05) is 23.5 Å². The molecule has 0 radical (unpaired) electrons. The number of hydrogen-bond acceptors (Lipinski definition) is 5. The number of anilines is 1. The van der Waals surface area contributed by atoms with Crippen molar-refractivity contribution >= 4 is 63.2 Å². The molecule has 0 bridgehead atoms. The van der Waals surface area contributed by atoms with Crippen LogP contribution >= 0.6 is 35.3 Å². The van der Waals surface area contributed by atoms with Crippen molar-refractivity contribution in [1.29, 1.82) is 0 Å². The average Bonchev–Trinajstić information content (AvgIpc) is 3.25. The second-order valence-electron chi connectivity index (χ2n) is 6.58. The molecule has 146 valence electrons. The minimum Gasteiger partial charge on any atom is -0.326 e. The molecule has 1 aromatic heterocycles. The summed E-state index contributed by atoms with van der Waals surface area (Å²) in [5.41, 5.74) is 1.95. The molecule has 0 spiro atoms. The quantitative estimate of drug-likeness (QED) is 0.343. The third-order valence-corrected chi connectivity index (χ3v) is 6.47. The van der Waals surface area contributed by atoms with Crippen LogP contribution in [0.15, 0.2) is 46.7 Å². The van der Waals surface area contributed by atoms with Gasteiger partial charge in [0.1, 0.15) is 4.32 Å². The number of rotatable bonds is 8. The molecule has 0 saturated carbocycles. The first-order chi connectivity index (χ1) is 13.5. The Morgan fingerprint density at radius 1 is 1.21 bits per heavy atom. The minimum atomic E-state index is -0.0133. The Morgan fingerprint density at radius 3 is 2.82 bits per heavy atom. The highest BCUT2D eigenvalue weighted by molar-refractivity contribution is 8.26. The van der Waals surface area contributed by atoms with Gasteiger partial charge in [0.05, 0.1) is 4.91 Å². The molecule has 2 amide bonds. The largest absolute Gasteiger partial charge is 0.326 e. The first-order valence-electron chi connectivity index (χ1n) is 9.18. The molecule has 2 heterocycles. The Balaban J connectivity index is 1.38. The number of thiocarbonyl (C=S) groups is 1. The van der Waals surface area contributed by atoms with Crippen molar-refractivity contribution in [2.75, 3.05) is 11.9 Å². The molecule has 1 fully saturated rings. The van der Waals surface area contributed by atoms with Crippen LogP contribution in [0.25, 0.3) is 6.08 Å². The molecule has 4 nitrogen and oxygen atoms in total. The van der Waals surface area contributed by atoms with Crippen molar-refractivity contribution in [2.45, 2.75) is 32.6 Å². The number of aryl methyl sites for hydroxylation is 1. The van der Waals surface area contributed by atoms with Gasteiger partial charge < -0.3 is 5.32 Å². The number of unbranched alkanes of at least 4 members (excludes halogenated alkanes) is 2. The summed E-state index contributed by atoms with van der Waals surface area (Å²) in [7, 11) is 0. The standard InChI is InChI=1S/C21H22N2O2S3/c1-15-7-5-8-16(13-15)22-19(24)10-3-2-4-11-23-20(25)18(28-21(23)26)14-17-9-6-12-27-17/h5-9,12-14H,2-4,10-11H2,1H3,(H,22,24)/b18-14+. The Morgan fingerprint density at radius 2 is 2.07 bits per heavy atom. The van der Waals surface area contributed by atoms with Crippen molar-refractivity contribution in [3.63, 3.8) is 0 Å². The van der Waals surface area contributed by atoms with Gasteiger partial charge >= 0.3 is 0 Å². The van der Waals surface area contributed by atoms with E-state index < -0.39 is 0 Å². The van der Waals surface area contributed by atoms with Gasteiger partial charge in [0.2, 0.25) is 5.91 Å². The summed E-state index contributed by atoms with van der Waals surface area (Å²) in [4.78, 5) is 28.0. The molecule has 0 aliphatic carbocycles. The van der Waals surface area contributed by atoms with Crippen molar-refractivity contribution in [3.8, 4) is 0 Å². The zero-order chi connectivity index (χ0) is 19.9. The topological polar surface area (TPSA) is 49.4 Å². The number of benzene rings is 1. The van der Waals surface area contributed by atoms with Crippen LogP contribution in [0.1, 0.15) is 36.1 Å². The number of carbonyl (C=O) groups is 2. The lowest BCUT2D eigenvalue weighted by Crippen LogP contribution is -2.29. The summed E-state index contributed by atoms with van der Waals surface area (Å²) >= 11 is 8.32. The van der Waals surface area contributed by atoms with E-state index in [2.05, 4.69) is 5.32 Å². The van der Waals surface area contributed by atoms with Gasteiger partial charge in [-0.25, -0.2) is 0 Å². The van der Waals surface area contributed by atoms with E-state index >= 15 is 0 Å². The van der Waals surface area contributed by atoms with E-state index in [1.165, 1.54) is 11.8 Å². The fourth-order valence-corrected chi connectivity index (χ4v) is 4.91. The van der Waals surface area contributed by atoms with Crippen LogP contribution in [-0.2, 0) is 9.59 Å². The molecule has 3 rings (SSSR count). The molecule has 0 unspecified atom stereocenters. The van der Waals surface area contributed by atoms with E-state index in [0.29, 0.717) is 22.2 Å². The summed E-state index contributed by atoms with van der Waals surface area (Å²) in [6.07, 6.45) is 4.88. The fraction of sp³-hybridized carbons (Fsp3) is 0.286. The van der Waals surface area contributed by atoms with Crippen molar-refractivity contribution in [2.24, 2.45) is 0 Å². The van der Waals surface area contributed by atoms with E-state index in [1.54, 1.807) is 16.2 Å². The maximum Gasteiger partial charge on any atom is 0.266 e. The van der Waals surface area contributed by atoms with E-state index in [1.807, 2.05) is 54.8 Å². The van der Waals surface area contributed by atoms with Gasteiger partial charge in [0.15, 0.2) is 0 Å². The zero-order valence-corrected chi connectivity index (χ0v) is 18.1. The number of nitrogens with one attached hydrogen (secondary N) is 1. The van der Waals surface area contributed by atoms with Crippen LogP contribution in [-0.4, -0.2) is 27.6 Å². The second-order valence-corrected chi connectivity index (χ2v) is 9.23. The normalized spacial score (nSPS) is 15.5. The van der Waals surface area contributed by atoms with Crippen LogP contribution in [0.4, 0.5) is 5.69 Å². The monoisotopic (exact) mass is 430 g/mol. The maximum absolute atomic E-state index is 12.5. The lowest BCUT2D eigenvalue weighted by molar-refractivity contribution is -0.122. The summed E-state index contributed by atoms with van der Waals surface area (Å²) < 4.78 is 0.616. The van der Waals surface area contributed by atoms with Gasteiger partial charge in [-0.15, -0.1) is 11.3 Å². The highest BCUT2D eigenvalue weighted by atomic mass is 32.2. The molecule has 7 heteroatoms. The number of thioether (sulfide) groups is 1. The Bertz CT molecular complexity index is 891. The lowest BCUT2D eigenvalue weighted by atomic mass is 10.1. The van der Waals surface area contributed by atoms with E-state index in [0.717, 1.165) is 35.4 Å². The van der Waals surface area contributed by atoms with E-state index in [9.17, 15) is 9.59 Å². The molecular weight excluding hydrogens is 408 g/mol. The minimum absolute atomic E-state index is 0.0133. The number of hydrogen-bond donors (Lipinski definition) is 1. The predicted molar refractivity (Wildman–Crippen MR) is 122 cm³/mol. The van der Waals surface area contributed by atoms with Crippen LogP contribution in [0.2, 0.25) is 0 Å². The Labute approximate surface area is 179 Å². The van der Waals surface area contributed by atoms with Gasteiger partial charge in [-0.2, -0.15) is 0 Å². The summed E-state index contributed by atoms with van der Waals surface area (Å²) in [6, 6.07) is 11.7. The average molecular weight is 431 g/mol. The molecule has 1 saturated heterocycles. The molecule has 28 heavy (non-hydrogen) atoms. The molecule has 0 atom stereocenters. The third kappa shape index (κ3) is 5.77. The predicted octanol–water partition coefficient (Wildman–Crippen LogP) is 5.46. The second kappa shape index (κ2) is 10.0. The molecule has 1 aliphatic heterocycles. The summed E-state index contributed by atoms with van der Waals surface area (Å²) in [5, 5.41) is 4.91. The first-order valence-corrected chi connectivity index (χ1v) is 11.3. The van der Waals surface area contributed by atoms with Crippen LogP contribution in [0.3, 0.4) is 0 Å². The lowest BCUT2D eigenvalue weighted by Gasteiger charge is -2.14. The van der Waals surface area contributed by atoms with Gasteiger partial charge in [-0.1, -0.05) is 48.6 Å². The van der Waals surface area contributed by atoms with Crippen LogP contribution < -0.4 is 5.32 Å². The van der Waals surface area contributed by atoms with E-state index in [-0.39, 0.29) is 11.8 Å². The first kappa shape index (κ1) is 20.8.